The molecule has 2 aromatic carbocycles. The van der Waals surface area contributed by atoms with Crippen LogP contribution in [-0.4, -0.2) is 37.2 Å². The first-order valence-electron chi connectivity index (χ1n) is 9.77. The van der Waals surface area contributed by atoms with Crippen LogP contribution < -0.4 is 19.5 Å². The molecule has 0 saturated heterocycles. The number of ether oxygens (including phenoxy) is 4. The van der Waals surface area contributed by atoms with Crippen LogP contribution >= 0.6 is 11.3 Å². The Hall–Kier alpha value is -3.59. The van der Waals surface area contributed by atoms with E-state index in [1.165, 1.54) is 21.1 Å². The zero-order chi connectivity index (χ0) is 23.1. The number of methoxy groups -OCH3 is 2. The standard InChI is InChI=1S/C23H24N2O6S/c1-14(22(26)25-17-8-9-20(28-3)21(11-17)29-4)31-23(27)16-6-5-7-19(10-16)30-12-18-13-32-15(2)24-18/h5-11,13-14H,12H2,1-4H3,(H,25,26). The van der Waals surface area contributed by atoms with Crippen LogP contribution in [0.25, 0.3) is 0 Å². The molecule has 168 valence electrons. The van der Waals surface area contributed by atoms with Crippen LogP contribution in [0, 0.1) is 6.92 Å². The Bertz CT molecular complexity index is 1100. The molecule has 0 radical (unpaired) electrons. The van der Waals surface area contributed by atoms with Crippen molar-refractivity contribution in [3.63, 3.8) is 0 Å². The van der Waals surface area contributed by atoms with Crippen LogP contribution in [0.4, 0.5) is 5.69 Å². The predicted molar refractivity (Wildman–Crippen MR) is 121 cm³/mol. The van der Waals surface area contributed by atoms with Crippen molar-refractivity contribution in [2.45, 2.75) is 26.6 Å². The van der Waals surface area contributed by atoms with E-state index in [-0.39, 0.29) is 5.56 Å². The van der Waals surface area contributed by atoms with Crippen molar-refractivity contribution in [3.8, 4) is 17.2 Å². The van der Waals surface area contributed by atoms with Gasteiger partial charge >= 0.3 is 5.97 Å². The zero-order valence-electron chi connectivity index (χ0n) is 18.2. The first-order valence-corrected chi connectivity index (χ1v) is 10.6. The van der Waals surface area contributed by atoms with Gasteiger partial charge < -0.3 is 24.3 Å². The van der Waals surface area contributed by atoms with Gasteiger partial charge in [0.15, 0.2) is 17.6 Å². The van der Waals surface area contributed by atoms with Gasteiger partial charge in [-0.2, -0.15) is 0 Å². The monoisotopic (exact) mass is 456 g/mol. The lowest BCUT2D eigenvalue weighted by Crippen LogP contribution is -2.30. The number of amides is 1. The summed E-state index contributed by atoms with van der Waals surface area (Å²) in [6.07, 6.45) is -1.02. The fourth-order valence-electron chi connectivity index (χ4n) is 2.78. The summed E-state index contributed by atoms with van der Waals surface area (Å²) in [5.74, 6) is 0.413. The van der Waals surface area contributed by atoms with Crippen molar-refractivity contribution in [3.05, 3.63) is 64.1 Å². The summed E-state index contributed by atoms with van der Waals surface area (Å²) in [5.41, 5.74) is 1.59. The van der Waals surface area contributed by atoms with Gasteiger partial charge in [0.2, 0.25) is 0 Å². The maximum Gasteiger partial charge on any atom is 0.339 e. The molecule has 3 aromatic rings. The molecule has 0 aliphatic rings. The highest BCUT2D eigenvalue weighted by Crippen LogP contribution is 2.29. The van der Waals surface area contributed by atoms with Crippen LogP contribution in [-0.2, 0) is 16.1 Å². The minimum absolute atomic E-state index is 0.280. The summed E-state index contributed by atoms with van der Waals surface area (Å²) in [6, 6.07) is 11.6. The predicted octanol–water partition coefficient (Wildman–Crippen LogP) is 4.23. The average Bonchev–Trinajstić information content (AvgIpc) is 3.22. The van der Waals surface area contributed by atoms with Gasteiger partial charge in [0.1, 0.15) is 12.4 Å². The highest BCUT2D eigenvalue weighted by Gasteiger charge is 2.20. The number of rotatable bonds is 9. The van der Waals surface area contributed by atoms with E-state index in [1.54, 1.807) is 53.8 Å². The number of hydrogen-bond donors (Lipinski definition) is 1. The molecule has 0 bridgehead atoms. The molecule has 1 aromatic heterocycles. The Kier molecular flexibility index (Phi) is 7.67. The van der Waals surface area contributed by atoms with E-state index in [0.29, 0.717) is 29.5 Å². The first-order chi connectivity index (χ1) is 15.4. The molecule has 1 atom stereocenters. The molecule has 32 heavy (non-hydrogen) atoms. The highest BCUT2D eigenvalue weighted by molar-refractivity contribution is 7.09. The molecule has 0 aliphatic carbocycles. The lowest BCUT2D eigenvalue weighted by Gasteiger charge is -2.15. The number of nitrogens with zero attached hydrogens (tertiary/aromatic N) is 1. The fourth-order valence-corrected chi connectivity index (χ4v) is 3.38. The number of aryl methyl sites for hydroxylation is 1. The second-order valence-electron chi connectivity index (χ2n) is 6.78. The molecular weight excluding hydrogens is 432 g/mol. The highest BCUT2D eigenvalue weighted by atomic mass is 32.1. The number of esters is 1. The third kappa shape index (κ3) is 5.98. The number of benzene rings is 2. The van der Waals surface area contributed by atoms with Crippen molar-refractivity contribution in [1.82, 2.24) is 4.98 Å². The molecule has 0 fully saturated rings. The summed E-state index contributed by atoms with van der Waals surface area (Å²) >= 11 is 1.55. The van der Waals surface area contributed by atoms with Crippen LogP contribution in [0.2, 0.25) is 0 Å². The van der Waals surface area contributed by atoms with Crippen LogP contribution in [0.15, 0.2) is 47.8 Å². The van der Waals surface area contributed by atoms with E-state index < -0.39 is 18.0 Å². The lowest BCUT2D eigenvalue weighted by molar-refractivity contribution is -0.123. The Morgan fingerprint density at radius 2 is 1.88 bits per heavy atom. The van der Waals surface area contributed by atoms with Crippen molar-refractivity contribution in [1.29, 1.82) is 0 Å². The van der Waals surface area contributed by atoms with Crippen molar-refractivity contribution < 1.29 is 28.5 Å². The molecular formula is C23H24N2O6S. The normalized spacial score (nSPS) is 11.4. The van der Waals surface area contributed by atoms with Gasteiger partial charge in [0.25, 0.3) is 5.91 Å². The Balaban J connectivity index is 1.58. The quantitative estimate of drug-likeness (QED) is 0.481. The number of carbonyl (C=O) groups is 2. The molecule has 1 N–H and O–H groups in total. The summed E-state index contributed by atoms with van der Waals surface area (Å²) in [6.45, 7) is 3.72. The second-order valence-corrected chi connectivity index (χ2v) is 7.84. The molecule has 0 saturated carbocycles. The SMILES string of the molecule is COc1ccc(NC(=O)C(C)OC(=O)c2cccc(OCc3csc(C)n3)c2)cc1OC. The number of nitrogens with one attached hydrogen (secondary N) is 1. The van der Waals surface area contributed by atoms with E-state index >= 15 is 0 Å². The van der Waals surface area contributed by atoms with E-state index in [1.807, 2.05) is 12.3 Å². The molecule has 0 aliphatic heterocycles. The van der Waals surface area contributed by atoms with Crippen molar-refractivity contribution in [2.24, 2.45) is 0 Å². The van der Waals surface area contributed by atoms with Gasteiger partial charge in [-0.15, -0.1) is 11.3 Å². The van der Waals surface area contributed by atoms with E-state index in [2.05, 4.69) is 10.3 Å². The number of anilines is 1. The smallest absolute Gasteiger partial charge is 0.339 e. The number of thiazole rings is 1. The summed E-state index contributed by atoms with van der Waals surface area (Å²) < 4.78 is 21.4. The zero-order valence-corrected chi connectivity index (χ0v) is 19.0. The second kappa shape index (κ2) is 10.6. The number of hydrogen-bond acceptors (Lipinski definition) is 8. The molecule has 1 amide bonds. The lowest BCUT2D eigenvalue weighted by atomic mass is 10.2. The number of carbonyl (C=O) groups excluding carboxylic acids is 2. The van der Waals surface area contributed by atoms with Crippen LogP contribution in [0.1, 0.15) is 28.0 Å². The van der Waals surface area contributed by atoms with Gasteiger partial charge in [-0.25, -0.2) is 9.78 Å². The van der Waals surface area contributed by atoms with Gasteiger partial charge in [0.05, 0.1) is 30.5 Å². The molecule has 1 unspecified atom stereocenters. The van der Waals surface area contributed by atoms with E-state index in [4.69, 9.17) is 18.9 Å². The Morgan fingerprint density at radius 3 is 2.56 bits per heavy atom. The Labute approximate surface area is 190 Å². The first kappa shape index (κ1) is 23.1. The van der Waals surface area contributed by atoms with Gasteiger partial charge in [-0.05, 0) is 44.2 Å². The summed E-state index contributed by atoms with van der Waals surface area (Å²) in [7, 11) is 3.03. The topological polar surface area (TPSA) is 96.0 Å². The fraction of sp³-hybridized carbons (Fsp3) is 0.261. The maximum atomic E-state index is 12.5. The van der Waals surface area contributed by atoms with Crippen molar-refractivity contribution in [2.75, 3.05) is 19.5 Å². The van der Waals surface area contributed by atoms with Crippen LogP contribution in [0.5, 0.6) is 17.2 Å². The molecule has 3 rings (SSSR count). The van der Waals surface area contributed by atoms with E-state index in [0.717, 1.165) is 10.7 Å². The molecule has 8 nitrogen and oxygen atoms in total. The minimum atomic E-state index is -1.02. The third-order valence-electron chi connectivity index (χ3n) is 4.43. The number of aromatic nitrogens is 1. The molecule has 0 spiro atoms. The maximum absolute atomic E-state index is 12.5. The summed E-state index contributed by atoms with van der Waals surface area (Å²) in [4.78, 5) is 29.3. The van der Waals surface area contributed by atoms with Crippen LogP contribution in [0.3, 0.4) is 0 Å². The van der Waals surface area contributed by atoms with Gasteiger partial charge in [-0.1, -0.05) is 6.07 Å². The minimum Gasteiger partial charge on any atom is -0.493 e. The van der Waals surface area contributed by atoms with E-state index in [9.17, 15) is 9.59 Å². The Morgan fingerprint density at radius 1 is 1.09 bits per heavy atom. The summed E-state index contributed by atoms with van der Waals surface area (Å²) in [5, 5.41) is 5.58. The molecule has 9 heteroatoms. The molecule has 1 heterocycles. The third-order valence-corrected chi connectivity index (χ3v) is 5.25. The average molecular weight is 457 g/mol. The van der Waals surface area contributed by atoms with Gasteiger partial charge in [0, 0.05) is 17.1 Å². The van der Waals surface area contributed by atoms with Gasteiger partial charge in [-0.3, -0.25) is 4.79 Å². The van der Waals surface area contributed by atoms with Crippen molar-refractivity contribution >= 4 is 28.9 Å². The largest absolute Gasteiger partial charge is 0.493 e.